The summed E-state index contributed by atoms with van der Waals surface area (Å²) in [5.74, 6) is 0.0337. The van der Waals surface area contributed by atoms with Crippen LogP contribution in [-0.4, -0.2) is 70.3 Å². The van der Waals surface area contributed by atoms with Crippen molar-refractivity contribution < 1.29 is 14.4 Å². The van der Waals surface area contributed by atoms with Gasteiger partial charge >= 0.3 is 0 Å². The van der Waals surface area contributed by atoms with Crippen LogP contribution < -0.4 is 5.32 Å². The molecule has 3 heterocycles. The van der Waals surface area contributed by atoms with Crippen molar-refractivity contribution in [2.75, 3.05) is 32.7 Å². The molecule has 0 aromatic carbocycles. The molecule has 8 nitrogen and oxygen atoms in total. The van der Waals surface area contributed by atoms with Crippen LogP contribution in [0.3, 0.4) is 0 Å². The normalized spacial score (nSPS) is 16.8. The number of carbonyl (C=O) groups is 3. The molecule has 2 aliphatic heterocycles. The molecule has 3 rings (SSSR count). The van der Waals surface area contributed by atoms with Crippen LogP contribution in [0.15, 0.2) is 0 Å². The van der Waals surface area contributed by atoms with Crippen molar-refractivity contribution in [1.82, 2.24) is 24.7 Å². The Kier molecular flexibility index (Phi) is 6.47. The van der Waals surface area contributed by atoms with Crippen LogP contribution in [0.2, 0.25) is 0 Å². The number of fused-ring (bicyclic) bond motifs is 1. The lowest BCUT2D eigenvalue weighted by atomic mass is 10.1. The van der Waals surface area contributed by atoms with Gasteiger partial charge in [0.1, 0.15) is 5.69 Å². The molecular formula is C19H29N5O3. The SMILES string of the molecule is CCCCCNC(=O)c1nc(C(=O)N2CCN(C=O)CC2)c2n1CCCC2. The maximum atomic E-state index is 13.0. The fraction of sp³-hybridized carbons (Fsp3) is 0.684. The first kappa shape index (κ1) is 19.4. The molecule has 1 fully saturated rings. The van der Waals surface area contributed by atoms with Gasteiger partial charge in [-0.25, -0.2) is 4.98 Å². The number of carbonyl (C=O) groups excluding carboxylic acids is 3. The highest BCUT2D eigenvalue weighted by Crippen LogP contribution is 2.22. The van der Waals surface area contributed by atoms with E-state index in [1.54, 1.807) is 9.80 Å². The minimum absolute atomic E-state index is 0.128. The second kappa shape index (κ2) is 9.01. The summed E-state index contributed by atoms with van der Waals surface area (Å²) in [6.07, 6.45) is 6.71. The largest absolute Gasteiger partial charge is 0.349 e. The molecule has 0 aliphatic carbocycles. The van der Waals surface area contributed by atoms with Gasteiger partial charge in [-0.2, -0.15) is 0 Å². The maximum Gasteiger partial charge on any atom is 0.287 e. The molecule has 1 N–H and O–H groups in total. The minimum Gasteiger partial charge on any atom is -0.349 e. The molecule has 1 aromatic rings. The second-order valence-electron chi connectivity index (χ2n) is 7.24. The zero-order valence-electron chi connectivity index (χ0n) is 16.1. The van der Waals surface area contributed by atoms with E-state index in [1.165, 1.54) is 0 Å². The van der Waals surface area contributed by atoms with E-state index in [4.69, 9.17) is 0 Å². The summed E-state index contributed by atoms with van der Waals surface area (Å²) in [4.78, 5) is 44.4. The Bertz CT molecular complexity index is 692. The Labute approximate surface area is 159 Å². The molecule has 0 saturated carbocycles. The predicted octanol–water partition coefficient (Wildman–Crippen LogP) is 1.05. The lowest BCUT2D eigenvalue weighted by Gasteiger charge is -2.32. The summed E-state index contributed by atoms with van der Waals surface area (Å²) in [6.45, 7) is 5.56. The van der Waals surface area contributed by atoms with Gasteiger partial charge < -0.3 is 19.7 Å². The molecule has 3 amide bonds. The van der Waals surface area contributed by atoms with Crippen molar-refractivity contribution in [3.05, 3.63) is 17.2 Å². The van der Waals surface area contributed by atoms with Gasteiger partial charge in [0.25, 0.3) is 11.8 Å². The molecule has 0 spiro atoms. The average Bonchev–Trinajstić information content (AvgIpc) is 3.10. The van der Waals surface area contributed by atoms with Crippen molar-refractivity contribution >= 4 is 18.2 Å². The Balaban J connectivity index is 1.75. The fourth-order valence-electron chi connectivity index (χ4n) is 3.72. The van der Waals surface area contributed by atoms with E-state index in [9.17, 15) is 14.4 Å². The molecule has 148 valence electrons. The lowest BCUT2D eigenvalue weighted by Crippen LogP contribution is -2.48. The minimum atomic E-state index is -0.195. The number of imidazole rings is 1. The average molecular weight is 375 g/mol. The first-order valence-electron chi connectivity index (χ1n) is 10.0. The molecule has 0 atom stereocenters. The first-order chi connectivity index (χ1) is 13.2. The zero-order chi connectivity index (χ0) is 19.2. The number of aromatic nitrogens is 2. The van der Waals surface area contributed by atoms with Gasteiger partial charge in [0.05, 0.1) is 5.69 Å². The highest BCUT2D eigenvalue weighted by atomic mass is 16.2. The van der Waals surface area contributed by atoms with E-state index in [0.717, 1.165) is 57.2 Å². The topological polar surface area (TPSA) is 87.5 Å². The molecular weight excluding hydrogens is 346 g/mol. The molecule has 27 heavy (non-hydrogen) atoms. The quantitative estimate of drug-likeness (QED) is 0.570. The predicted molar refractivity (Wildman–Crippen MR) is 101 cm³/mol. The Hall–Kier alpha value is -2.38. The van der Waals surface area contributed by atoms with Crippen LogP contribution in [0.4, 0.5) is 0 Å². The Morgan fingerprint density at radius 2 is 1.89 bits per heavy atom. The molecule has 0 radical (unpaired) electrons. The van der Waals surface area contributed by atoms with Gasteiger partial charge in [0, 0.05) is 39.3 Å². The molecule has 1 saturated heterocycles. The lowest BCUT2D eigenvalue weighted by molar-refractivity contribution is -0.119. The highest BCUT2D eigenvalue weighted by molar-refractivity contribution is 5.97. The van der Waals surface area contributed by atoms with E-state index in [1.807, 2.05) is 4.57 Å². The summed E-state index contributed by atoms with van der Waals surface area (Å²) in [7, 11) is 0. The van der Waals surface area contributed by atoms with Gasteiger partial charge in [0.2, 0.25) is 6.41 Å². The number of amides is 3. The van der Waals surface area contributed by atoms with Crippen molar-refractivity contribution in [2.45, 2.75) is 52.0 Å². The van der Waals surface area contributed by atoms with E-state index < -0.39 is 0 Å². The van der Waals surface area contributed by atoms with Crippen molar-refractivity contribution in [3.63, 3.8) is 0 Å². The van der Waals surface area contributed by atoms with Crippen LogP contribution in [-0.2, 0) is 17.8 Å². The number of nitrogens with zero attached hydrogens (tertiary/aromatic N) is 4. The smallest absolute Gasteiger partial charge is 0.287 e. The zero-order valence-corrected chi connectivity index (χ0v) is 16.1. The monoisotopic (exact) mass is 375 g/mol. The van der Waals surface area contributed by atoms with Crippen LogP contribution in [0, 0.1) is 0 Å². The second-order valence-corrected chi connectivity index (χ2v) is 7.24. The third kappa shape index (κ3) is 4.31. The van der Waals surface area contributed by atoms with E-state index in [2.05, 4.69) is 17.2 Å². The molecule has 0 unspecified atom stereocenters. The van der Waals surface area contributed by atoms with Crippen LogP contribution in [0.5, 0.6) is 0 Å². The molecule has 1 aromatic heterocycles. The fourth-order valence-corrected chi connectivity index (χ4v) is 3.72. The Morgan fingerprint density at radius 3 is 2.59 bits per heavy atom. The number of piperazine rings is 1. The molecule has 0 bridgehead atoms. The number of hydrogen-bond donors (Lipinski definition) is 1. The molecule has 2 aliphatic rings. The number of rotatable bonds is 7. The van der Waals surface area contributed by atoms with Gasteiger partial charge in [-0.3, -0.25) is 14.4 Å². The van der Waals surface area contributed by atoms with Crippen LogP contribution in [0.25, 0.3) is 0 Å². The summed E-state index contributed by atoms with van der Waals surface area (Å²) in [6, 6.07) is 0. The standard InChI is InChI=1S/C19H29N5O3/c1-2-3-5-8-20-18(26)17-21-16(15-7-4-6-9-24(15)17)19(27)23-12-10-22(14-25)11-13-23/h14H,2-13H2,1H3,(H,20,26). The van der Waals surface area contributed by atoms with Crippen LogP contribution >= 0.6 is 0 Å². The third-order valence-corrected chi connectivity index (χ3v) is 5.34. The maximum absolute atomic E-state index is 13.0. The first-order valence-corrected chi connectivity index (χ1v) is 10.0. The van der Waals surface area contributed by atoms with E-state index in [0.29, 0.717) is 44.2 Å². The number of nitrogens with one attached hydrogen (secondary N) is 1. The Morgan fingerprint density at radius 1 is 1.11 bits per heavy atom. The summed E-state index contributed by atoms with van der Waals surface area (Å²) in [5.41, 5.74) is 1.29. The summed E-state index contributed by atoms with van der Waals surface area (Å²) in [5, 5.41) is 2.94. The van der Waals surface area contributed by atoms with Gasteiger partial charge in [0.15, 0.2) is 5.82 Å². The number of unbranched alkanes of at least 4 members (excludes halogenated alkanes) is 2. The highest BCUT2D eigenvalue weighted by Gasteiger charge is 2.31. The van der Waals surface area contributed by atoms with Gasteiger partial charge in [-0.1, -0.05) is 19.8 Å². The summed E-state index contributed by atoms with van der Waals surface area (Å²) < 4.78 is 1.92. The van der Waals surface area contributed by atoms with Crippen molar-refractivity contribution in [3.8, 4) is 0 Å². The van der Waals surface area contributed by atoms with E-state index >= 15 is 0 Å². The molecule has 8 heteroatoms. The summed E-state index contributed by atoms with van der Waals surface area (Å²) >= 11 is 0. The number of hydrogen-bond acceptors (Lipinski definition) is 4. The van der Waals surface area contributed by atoms with Crippen molar-refractivity contribution in [2.24, 2.45) is 0 Å². The van der Waals surface area contributed by atoms with Gasteiger partial charge in [-0.15, -0.1) is 0 Å². The van der Waals surface area contributed by atoms with Gasteiger partial charge in [-0.05, 0) is 25.7 Å². The van der Waals surface area contributed by atoms with Crippen molar-refractivity contribution in [1.29, 1.82) is 0 Å². The third-order valence-electron chi connectivity index (χ3n) is 5.34. The van der Waals surface area contributed by atoms with Crippen LogP contribution in [0.1, 0.15) is 65.8 Å². The van der Waals surface area contributed by atoms with E-state index in [-0.39, 0.29) is 11.8 Å².